The average Bonchev–Trinajstić information content (AvgIpc) is 2.70. The van der Waals surface area contributed by atoms with Gasteiger partial charge in [-0.25, -0.2) is 4.98 Å². The molecule has 110 valence electrons. The van der Waals surface area contributed by atoms with E-state index < -0.39 is 27.0 Å². The second-order valence-corrected chi connectivity index (χ2v) is 8.30. The third-order valence-electron chi connectivity index (χ3n) is 2.86. The molecule has 0 radical (unpaired) electrons. The van der Waals surface area contributed by atoms with Crippen LogP contribution < -0.4 is 0 Å². The van der Waals surface area contributed by atoms with Crippen LogP contribution in [-0.2, 0) is 11.0 Å². The zero-order valence-corrected chi connectivity index (χ0v) is 11.8. The lowest BCUT2D eigenvalue weighted by Crippen LogP contribution is -2.34. The van der Waals surface area contributed by atoms with Crippen molar-refractivity contribution in [1.29, 1.82) is 0 Å². The third-order valence-corrected chi connectivity index (χ3v) is 6.66. The van der Waals surface area contributed by atoms with Crippen molar-refractivity contribution in [3.8, 4) is 0 Å². The van der Waals surface area contributed by atoms with E-state index in [2.05, 4.69) is 4.98 Å². The fraction of sp³-hybridized carbons (Fsp3) is 0.222. The Kier molecular flexibility index (Phi) is 3.75. The number of rotatable bonds is 4. The molecule has 0 aromatic carbocycles. The lowest BCUT2D eigenvalue weighted by Gasteiger charge is -2.26. The summed E-state index contributed by atoms with van der Waals surface area (Å²) in [4.78, 5) is 49.8. The van der Waals surface area contributed by atoms with Crippen molar-refractivity contribution in [3.05, 3.63) is 36.3 Å². The lowest BCUT2D eigenvalue weighted by atomic mass is 10.3. The van der Waals surface area contributed by atoms with E-state index in [9.17, 15) is 24.4 Å². The summed E-state index contributed by atoms with van der Waals surface area (Å²) in [6.45, 7) is 0. The molecule has 6 N–H and O–H groups in total. The highest BCUT2D eigenvalue weighted by molar-refractivity contribution is 7.75. The summed E-state index contributed by atoms with van der Waals surface area (Å²) in [6.07, 6.45) is 1.86. The van der Waals surface area contributed by atoms with Gasteiger partial charge in [-0.2, -0.15) is 14.7 Å². The van der Waals surface area contributed by atoms with E-state index in [1.807, 2.05) is 0 Å². The molecule has 0 aliphatic rings. The van der Waals surface area contributed by atoms with Crippen LogP contribution in [0.3, 0.4) is 0 Å². The van der Waals surface area contributed by atoms with Crippen LogP contribution in [0.25, 0.3) is 5.65 Å². The Labute approximate surface area is 113 Å². The van der Waals surface area contributed by atoms with Gasteiger partial charge in [-0.3, -0.25) is 4.57 Å². The van der Waals surface area contributed by atoms with Crippen molar-refractivity contribution in [1.82, 2.24) is 9.38 Å². The number of nitrogens with zero attached hydrogens (tertiary/aromatic N) is 2. The summed E-state index contributed by atoms with van der Waals surface area (Å²) in [6, 6.07) is 4.91. The van der Waals surface area contributed by atoms with E-state index in [0.717, 1.165) is 0 Å². The molecule has 2 aromatic rings. The van der Waals surface area contributed by atoms with Gasteiger partial charge in [0.25, 0.3) is 0 Å². The quantitative estimate of drug-likeness (QED) is 0.409. The Morgan fingerprint density at radius 2 is 1.95 bits per heavy atom. The van der Waals surface area contributed by atoms with Crippen LogP contribution >= 0.6 is 15.5 Å². The van der Waals surface area contributed by atoms with Gasteiger partial charge in [0.1, 0.15) is 5.65 Å². The molecular formula is C9H13N2O7P2+. The highest BCUT2D eigenvalue weighted by Gasteiger charge is 2.69. The molecule has 1 atom stereocenters. The molecule has 1 unspecified atom stereocenters. The van der Waals surface area contributed by atoms with Gasteiger partial charge in [-0.15, -0.1) is 0 Å². The van der Waals surface area contributed by atoms with E-state index in [-0.39, 0.29) is 5.69 Å². The highest BCUT2D eigenvalue weighted by atomic mass is 31.3. The molecule has 20 heavy (non-hydrogen) atoms. The van der Waals surface area contributed by atoms with E-state index in [0.29, 0.717) is 5.65 Å². The summed E-state index contributed by atoms with van der Waals surface area (Å²) >= 11 is 0. The number of imidazole rings is 1. The van der Waals surface area contributed by atoms with Crippen molar-refractivity contribution in [2.45, 2.75) is 11.5 Å². The topological polar surface area (TPSA) is 156 Å². The first-order chi connectivity index (χ1) is 9.06. The molecule has 0 amide bonds. The molecule has 0 spiro atoms. The molecule has 0 aliphatic heterocycles. The molecular weight excluding hydrogens is 310 g/mol. The maximum Gasteiger partial charge on any atom is 0.451 e. The second-order valence-electron chi connectivity index (χ2n) is 4.24. The normalized spacial score (nSPS) is 16.3. The van der Waals surface area contributed by atoms with Gasteiger partial charge in [0.2, 0.25) is 0 Å². The minimum Gasteiger partial charge on any atom is -0.341 e. The van der Waals surface area contributed by atoms with Crippen LogP contribution in [0.5, 0.6) is 0 Å². The number of aliphatic hydroxyl groups is 1. The van der Waals surface area contributed by atoms with Gasteiger partial charge in [0.15, 0.2) is 0 Å². The molecule has 2 aromatic heterocycles. The standard InChI is InChI=1S/C9H12N2O7P2/c12-9(19(13,14)15,20(16,17)18)5-7-6-10-8-3-1-2-4-11(7)8/h1-4,6,12-15H,5H2,(H-,16,17,18)/p+1. The minimum absolute atomic E-state index is 0.105. The molecule has 0 bridgehead atoms. The van der Waals surface area contributed by atoms with Gasteiger partial charge < -0.3 is 19.3 Å². The van der Waals surface area contributed by atoms with Crippen molar-refractivity contribution in [3.63, 3.8) is 0 Å². The maximum absolute atomic E-state index is 11.3. The maximum atomic E-state index is 11.3. The van der Waals surface area contributed by atoms with Gasteiger partial charge in [0.05, 0.1) is 12.1 Å². The molecule has 2 rings (SSSR count). The summed E-state index contributed by atoms with van der Waals surface area (Å²) in [5.41, 5.74) is 0.543. The molecule has 0 aliphatic carbocycles. The van der Waals surface area contributed by atoms with Gasteiger partial charge >= 0.3 is 20.6 Å². The molecule has 0 fully saturated rings. The predicted octanol–water partition coefficient (Wildman–Crippen LogP) is -0.560. The Bertz CT molecular complexity index is 676. The second kappa shape index (κ2) is 4.84. The van der Waals surface area contributed by atoms with Gasteiger partial charge in [-0.1, -0.05) is 6.07 Å². The Balaban J connectivity index is 2.52. The summed E-state index contributed by atoms with van der Waals surface area (Å²) in [7, 11) is -10.6. The van der Waals surface area contributed by atoms with E-state index in [4.69, 9.17) is 9.79 Å². The summed E-state index contributed by atoms with van der Waals surface area (Å²) in [5, 5.41) is 6.54. The van der Waals surface area contributed by atoms with E-state index in [1.54, 1.807) is 18.2 Å². The largest absolute Gasteiger partial charge is 0.451 e. The first kappa shape index (κ1) is 15.5. The summed E-state index contributed by atoms with van der Waals surface area (Å²) in [5.74, 6) is 0. The van der Waals surface area contributed by atoms with Crippen LogP contribution in [0.1, 0.15) is 5.69 Å². The van der Waals surface area contributed by atoms with Crippen LogP contribution in [-0.4, -0.2) is 44.0 Å². The van der Waals surface area contributed by atoms with Gasteiger partial charge in [0, 0.05) is 12.4 Å². The SMILES string of the molecule is O=P(O)(O)C(O)(Cc1cnc2ccccn12)[P+](O)(O)O. The number of fused-ring (bicyclic) bond motifs is 1. The summed E-state index contributed by atoms with van der Waals surface area (Å²) < 4.78 is 12.7. The van der Waals surface area contributed by atoms with Crippen molar-refractivity contribution >= 4 is 21.2 Å². The molecule has 9 nitrogen and oxygen atoms in total. The van der Waals surface area contributed by atoms with E-state index in [1.165, 1.54) is 16.8 Å². The Hall–Kier alpha value is -0.890. The van der Waals surface area contributed by atoms with Crippen molar-refractivity contribution in [2.75, 3.05) is 0 Å². The number of aromatic nitrogens is 2. The lowest BCUT2D eigenvalue weighted by molar-refractivity contribution is 0.116. The van der Waals surface area contributed by atoms with E-state index >= 15 is 0 Å². The number of hydrogen-bond donors (Lipinski definition) is 6. The fourth-order valence-electron chi connectivity index (χ4n) is 1.74. The fourth-order valence-corrected chi connectivity index (χ4v) is 3.88. The van der Waals surface area contributed by atoms with Crippen LogP contribution in [0, 0.1) is 0 Å². The van der Waals surface area contributed by atoms with Crippen LogP contribution in [0.2, 0.25) is 0 Å². The smallest absolute Gasteiger partial charge is 0.341 e. The Morgan fingerprint density at radius 1 is 1.30 bits per heavy atom. The molecule has 0 saturated carbocycles. The number of hydrogen-bond acceptors (Lipinski definition) is 6. The molecule has 11 heteroatoms. The zero-order valence-electron chi connectivity index (χ0n) is 9.97. The van der Waals surface area contributed by atoms with Crippen LogP contribution in [0.15, 0.2) is 30.6 Å². The monoisotopic (exact) mass is 323 g/mol. The zero-order chi connectivity index (χ0) is 15.2. The minimum atomic E-state index is -5.41. The first-order valence-electron chi connectivity index (χ1n) is 5.33. The first-order valence-corrected chi connectivity index (χ1v) is 8.58. The van der Waals surface area contributed by atoms with Crippen molar-refractivity contribution < 1.29 is 34.1 Å². The average molecular weight is 323 g/mol. The number of pyridine rings is 1. The van der Waals surface area contributed by atoms with Crippen LogP contribution in [0.4, 0.5) is 0 Å². The third kappa shape index (κ3) is 2.50. The highest BCUT2D eigenvalue weighted by Crippen LogP contribution is 2.72. The van der Waals surface area contributed by atoms with Gasteiger partial charge in [-0.05, 0) is 12.1 Å². The molecule has 0 saturated heterocycles. The Morgan fingerprint density at radius 3 is 2.50 bits per heavy atom. The predicted molar refractivity (Wildman–Crippen MR) is 69.5 cm³/mol. The molecule has 2 heterocycles. The van der Waals surface area contributed by atoms with Crippen molar-refractivity contribution in [2.24, 2.45) is 0 Å².